The molecule has 0 amide bonds. The van der Waals surface area contributed by atoms with Crippen LogP contribution in [-0.2, 0) is 0 Å². The van der Waals surface area contributed by atoms with Gasteiger partial charge in [0, 0.05) is 21.7 Å². The molecule has 0 saturated carbocycles. The third-order valence-corrected chi connectivity index (χ3v) is 4.30. The molecular weight excluding hydrogens is 264 g/mol. The molecule has 2 N–H and O–H groups in total. The van der Waals surface area contributed by atoms with E-state index in [1.165, 1.54) is 16.0 Å². The van der Waals surface area contributed by atoms with Gasteiger partial charge in [-0.05, 0) is 38.1 Å². The normalized spacial score (nSPS) is 10.7. The quantitative estimate of drug-likeness (QED) is 0.692. The van der Waals surface area contributed by atoms with Gasteiger partial charge >= 0.3 is 0 Å². The van der Waals surface area contributed by atoms with Crippen molar-refractivity contribution in [3.05, 3.63) is 59.0 Å². The van der Waals surface area contributed by atoms with Gasteiger partial charge in [-0.2, -0.15) is 0 Å². The largest absolute Gasteiger partial charge is 0.399 e. The molecule has 0 aliphatic heterocycles. The van der Waals surface area contributed by atoms with Crippen molar-refractivity contribution in [2.24, 2.45) is 0 Å². The Morgan fingerprint density at radius 2 is 1.45 bits per heavy atom. The first-order valence-electron chi connectivity index (χ1n) is 6.54. The summed E-state index contributed by atoms with van der Waals surface area (Å²) in [7, 11) is 0. The van der Waals surface area contributed by atoms with Crippen LogP contribution in [0.3, 0.4) is 0 Å². The summed E-state index contributed by atoms with van der Waals surface area (Å²) in [6.45, 7) is 4.21. The minimum absolute atomic E-state index is 0.779. The third kappa shape index (κ3) is 2.45. The summed E-state index contributed by atoms with van der Waals surface area (Å²) in [6, 6.07) is 16.4. The van der Waals surface area contributed by atoms with Crippen molar-refractivity contribution in [1.82, 2.24) is 4.98 Å². The number of aromatic nitrogens is 1. The Hall–Kier alpha value is -2.13. The Kier molecular flexibility index (Phi) is 3.28. The second-order valence-electron chi connectivity index (χ2n) is 4.91. The third-order valence-electron chi connectivity index (χ3n) is 3.28. The Labute approximate surface area is 122 Å². The van der Waals surface area contributed by atoms with Crippen molar-refractivity contribution in [2.75, 3.05) is 5.73 Å². The van der Waals surface area contributed by atoms with Crippen LogP contribution in [0.25, 0.3) is 21.8 Å². The monoisotopic (exact) mass is 280 g/mol. The van der Waals surface area contributed by atoms with Gasteiger partial charge in [0.25, 0.3) is 0 Å². The molecule has 2 aromatic carbocycles. The summed E-state index contributed by atoms with van der Waals surface area (Å²) in [4.78, 5) is 6.02. The second kappa shape index (κ2) is 5.10. The number of hydrogen-bond donors (Lipinski definition) is 1. The molecular formula is C17H16N2S. The van der Waals surface area contributed by atoms with Gasteiger partial charge < -0.3 is 5.73 Å². The van der Waals surface area contributed by atoms with Crippen molar-refractivity contribution in [3.63, 3.8) is 0 Å². The molecule has 0 radical (unpaired) electrons. The summed E-state index contributed by atoms with van der Waals surface area (Å²) in [5, 5.41) is 1.04. The van der Waals surface area contributed by atoms with E-state index in [0.717, 1.165) is 22.0 Å². The lowest BCUT2D eigenvalue weighted by molar-refractivity contribution is 1.36. The molecule has 0 atom stereocenters. The van der Waals surface area contributed by atoms with E-state index in [1.807, 2.05) is 24.3 Å². The van der Waals surface area contributed by atoms with Gasteiger partial charge in [-0.3, -0.25) is 0 Å². The molecule has 0 unspecified atom stereocenters. The lowest BCUT2D eigenvalue weighted by atomic mass is 10.1. The highest BCUT2D eigenvalue weighted by Gasteiger charge is 2.11. The topological polar surface area (TPSA) is 38.9 Å². The predicted molar refractivity (Wildman–Crippen MR) is 86.9 cm³/mol. The first-order valence-corrected chi connectivity index (χ1v) is 7.35. The van der Waals surface area contributed by atoms with E-state index in [0.29, 0.717) is 0 Å². The molecule has 1 aromatic heterocycles. The van der Waals surface area contributed by atoms with E-state index >= 15 is 0 Å². The van der Waals surface area contributed by atoms with Gasteiger partial charge in [0.1, 0.15) is 5.01 Å². The minimum atomic E-state index is 0.779. The van der Waals surface area contributed by atoms with E-state index in [2.05, 4.69) is 38.1 Å². The zero-order chi connectivity index (χ0) is 14.1. The highest BCUT2D eigenvalue weighted by Crippen LogP contribution is 2.33. The van der Waals surface area contributed by atoms with Crippen molar-refractivity contribution < 1.29 is 0 Å². The summed E-state index contributed by atoms with van der Waals surface area (Å²) in [5.41, 5.74) is 11.1. The van der Waals surface area contributed by atoms with Crippen molar-refractivity contribution in [3.8, 4) is 21.8 Å². The molecule has 0 saturated heterocycles. The average Bonchev–Trinajstić information content (AvgIpc) is 2.82. The van der Waals surface area contributed by atoms with Gasteiger partial charge in [-0.25, -0.2) is 4.98 Å². The van der Waals surface area contributed by atoms with Gasteiger partial charge in [-0.1, -0.05) is 29.8 Å². The number of nitrogen functional groups attached to an aromatic ring is 1. The molecule has 0 fully saturated rings. The fourth-order valence-electron chi connectivity index (χ4n) is 2.12. The van der Waals surface area contributed by atoms with Crippen LogP contribution >= 0.6 is 11.3 Å². The first-order chi connectivity index (χ1) is 9.63. The molecule has 2 nitrogen and oxygen atoms in total. The Morgan fingerprint density at radius 3 is 2.10 bits per heavy atom. The SMILES string of the molecule is Cc1ccc(-c2nc(-c3ccc(N)cc3)sc2C)cc1. The van der Waals surface area contributed by atoms with Crippen LogP contribution in [0.4, 0.5) is 5.69 Å². The van der Waals surface area contributed by atoms with Crippen LogP contribution in [0.5, 0.6) is 0 Å². The van der Waals surface area contributed by atoms with Crippen LogP contribution in [-0.4, -0.2) is 4.98 Å². The van der Waals surface area contributed by atoms with Crippen molar-refractivity contribution >= 4 is 17.0 Å². The lowest BCUT2D eigenvalue weighted by Gasteiger charge is -1.99. The Balaban J connectivity index is 2.02. The number of rotatable bonds is 2. The Bertz CT molecular complexity index is 725. The van der Waals surface area contributed by atoms with Crippen LogP contribution in [0, 0.1) is 13.8 Å². The standard InChI is InChI=1S/C17H16N2S/c1-11-3-5-13(6-4-11)16-12(2)20-17(19-16)14-7-9-15(18)10-8-14/h3-10H,18H2,1-2H3. The average molecular weight is 280 g/mol. The molecule has 0 aliphatic rings. The number of aryl methyl sites for hydroxylation is 2. The molecule has 0 spiro atoms. The van der Waals surface area contributed by atoms with Crippen molar-refractivity contribution in [1.29, 1.82) is 0 Å². The Morgan fingerprint density at radius 1 is 0.850 bits per heavy atom. The van der Waals surface area contributed by atoms with E-state index in [-0.39, 0.29) is 0 Å². The van der Waals surface area contributed by atoms with Crippen LogP contribution in [0.1, 0.15) is 10.4 Å². The highest BCUT2D eigenvalue weighted by molar-refractivity contribution is 7.15. The maximum Gasteiger partial charge on any atom is 0.124 e. The molecule has 0 aliphatic carbocycles. The first kappa shape index (κ1) is 12.9. The fourth-order valence-corrected chi connectivity index (χ4v) is 3.07. The van der Waals surface area contributed by atoms with Crippen LogP contribution < -0.4 is 5.73 Å². The number of nitrogens with zero attached hydrogens (tertiary/aromatic N) is 1. The summed E-state index contributed by atoms with van der Waals surface area (Å²) < 4.78 is 0. The maximum absolute atomic E-state index is 5.73. The molecule has 100 valence electrons. The molecule has 0 bridgehead atoms. The zero-order valence-electron chi connectivity index (χ0n) is 11.6. The van der Waals surface area contributed by atoms with Gasteiger partial charge in [-0.15, -0.1) is 11.3 Å². The molecule has 1 heterocycles. The maximum atomic E-state index is 5.73. The van der Waals surface area contributed by atoms with Crippen LogP contribution in [0.15, 0.2) is 48.5 Å². The molecule has 3 aromatic rings. The number of anilines is 1. The molecule has 20 heavy (non-hydrogen) atoms. The summed E-state index contributed by atoms with van der Waals surface area (Å²) in [5.74, 6) is 0. The number of benzene rings is 2. The van der Waals surface area contributed by atoms with Crippen molar-refractivity contribution in [2.45, 2.75) is 13.8 Å². The molecule has 3 rings (SSSR count). The minimum Gasteiger partial charge on any atom is -0.399 e. The van der Waals surface area contributed by atoms with Crippen LogP contribution in [0.2, 0.25) is 0 Å². The smallest absolute Gasteiger partial charge is 0.124 e. The van der Waals surface area contributed by atoms with E-state index < -0.39 is 0 Å². The fraction of sp³-hybridized carbons (Fsp3) is 0.118. The zero-order valence-corrected chi connectivity index (χ0v) is 12.4. The van der Waals surface area contributed by atoms with Gasteiger partial charge in [0.2, 0.25) is 0 Å². The number of thiazole rings is 1. The summed E-state index contributed by atoms with van der Waals surface area (Å²) >= 11 is 1.72. The number of hydrogen-bond acceptors (Lipinski definition) is 3. The molecule has 3 heteroatoms. The summed E-state index contributed by atoms with van der Waals surface area (Å²) in [6.07, 6.45) is 0. The highest BCUT2D eigenvalue weighted by atomic mass is 32.1. The van der Waals surface area contributed by atoms with E-state index in [4.69, 9.17) is 10.7 Å². The number of nitrogens with two attached hydrogens (primary N) is 1. The van der Waals surface area contributed by atoms with E-state index in [9.17, 15) is 0 Å². The second-order valence-corrected chi connectivity index (χ2v) is 6.12. The van der Waals surface area contributed by atoms with Gasteiger partial charge in [0.05, 0.1) is 5.69 Å². The van der Waals surface area contributed by atoms with E-state index in [1.54, 1.807) is 11.3 Å². The predicted octanol–water partition coefficient (Wildman–Crippen LogP) is 4.68. The lowest BCUT2D eigenvalue weighted by Crippen LogP contribution is -1.84. The van der Waals surface area contributed by atoms with Gasteiger partial charge in [0.15, 0.2) is 0 Å².